The first-order valence-electron chi connectivity index (χ1n) is 5.58. The van der Waals surface area contributed by atoms with Gasteiger partial charge in [-0.1, -0.05) is 19.3 Å². The Morgan fingerprint density at radius 3 is 2.87 bits per heavy atom. The summed E-state index contributed by atoms with van der Waals surface area (Å²) >= 11 is 0. The third-order valence-corrected chi connectivity index (χ3v) is 3.10. The van der Waals surface area contributed by atoms with Gasteiger partial charge in [0.15, 0.2) is 5.82 Å². The number of aliphatic hydroxyl groups excluding tert-OH is 1. The highest BCUT2D eigenvalue weighted by atomic mass is 16.3. The van der Waals surface area contributed by atoms with E-state index in [0.717, 1.165) is 0 Å². The molecule has 5 heteroatoms. The van der Waals surface area contributed by atoms with Gasteiger partial charge in [0.1, 0.15) is 6.33 Å². The van der Waals surface area contributed by atoms with Crippen molar-refractivity contribution in [2.75, 3.05) is 6.61 Å². The molecule has 3 N–H and O–H groups in total. The third kappa shape index (κ3) is 2.18. The first-order valence-corrected chi connectivity index (χ1v) is 5.58. The van der Waals surface area contributed by atoms with E-state index in [1.807, 2.05) is 4.57 Å². The molecule has 0 amide bonds. The molecule has 1 unspecified atom stereocenters. The molecule has 1 aromatic heterocycles. The van der Waals surface area contributed by atoms with Gasteiger partial charge in [-0.05, 0) is 12.8 Å². The van der Waals surface area contributed by atoms with Gasteiger partial charge in [-0.25, -0.2) is 0 Å². The fourth-order valence-electron chi connectivity index (χ4n) is 2.24. The summed E-state index contributed by atoms with van der Waals surface area (Å²) in [6.45, 7) is -0.0780. The number of aliphatic hydroxyl groups is 1. The van der Waals surface area contributed by atoms with Gasteiger partial charge in [0, 0.05) is 6.04 Å². The molecule has 84 valence electrons. The second-order valence-electron chi connectivity index (χ2n) is 4.18. The highest BCUT2D eigenvalue weighted by molar-refractivity contribution is 4.96. The van der Waals surface area contributed by atoms with E-state index in [0.29, 0.717) is 11.9 Å². The van der Waals surface area contributed by atoms with Crippen LogP contribution in [0.4, 0.5) is 0 Å². The van der Waals surface area contributed by atoms with E-state index in [1.54, 1.807) is 6.33 Å². The standard InChI is InChI=1S/C10H18N4O/c11-9(6-15)10-13-12-7-14(10)8-4-2-1-3-5-8/h7-9,15H,1-6,11H2. The largest absolute Gasteiger partial charge is 0.394 e. The number of nitrogens with zero attached hydrogens (tertiary/aromatic N) is 3. The van der Waals surface area contributed by atoms with Crippen molar-refractivity contribution < 1.29 is 5.11 Å². The summed E-state index contributed by atoms with van der Waals surface area (Å²) in [5.41, 5.74) is 5.77. The van der Waals surface area contributed by atoms with Crippen LogP contribution in [0.2, 0.25) is 0 Å². The van der Waals surface area contributed by atoms with Gasteiger partial charge < -0.3 is 15.4 Å². The third-order valence-electron chi connectivity index (χ3n) is 3.10. The van der Waals surface area contributed by atoms with Crippen molar-refractivity contribution in [1.82, 2.24) is 14.8 Å². The minimum Gasteiger partial charge on any atom is -0.394 e. The normalized spacial score (nSPS) is 20.4. The van der Waals surface area contributed by atoms with E-state index < -0.39 is 6.04 Å². The number of hydrogen-bond donors (Lipinski definition) is 2. The SMILES string of the molecule is NC(CO)c1nncn1C1CCCCC1. The molecule has 1 aliphatic rings. The van der Waals surface area contributed by atoms with E-state index in [1.165, 1.54) is 32.1 Å². The van der Waals surface area contributed by atoms with Crippen molar-refractivity contribution >= 4 is 0 Å². The first-order chi connectivity index (χ1) is 7.33. The van der Waals surface area contributed by atoms with Crippen molar-refractivity contribution in [2.45, 2.75) is 44.2 Å². The quantitative estimate of drug-likeness (QED) is 0.772. The Balaban J connectivity index is 2.15. The molecule has 0 saturated heterocycles. The molecular formula is C10H18N4O. The molecule has 1 fully saturated rings. The van der Waals surface area contributed by atoms with Crippen LogP contribution in [0, 0.1) is 0 Å². The highest BCUT2D eigenvalue weighted by Gasteiger charge is 2.21. The van der Waals surface area contributed by atoms with Gasteiger partial charge in [0.05, 0.1) is 12.6 Å². The smallest absolute Gasteiger partial charge is 0.152 e. The van der Waals surface area contributed by atoms with Gasteiger partial charge >= 0.3 is 0 Å². The van der Waals surface area contributed by atoms with Crippen LogP contribution >= 0.6 is 0 Å². The van der Waals surface area contributed by atoms with E-state index in [9.17, 15) is 0 Å². The topological polar surface area (TPSA) is 77.0 Å². The fourth-order valence-corrected chi connectivity index (χ4v) is 2.24. The fraction of sp³-hybridized carbons (Fsp3) is 0.800. The van der Waals surface area contributed by atoms with E-state index in [-0.39, 0.29) is 6.61 Å². The Kier molecular flexibility index (Phi) is 3.33. The molecule has 5 nitrogen and oxygen atoms in total. The minimum absolute atomic E-state index is 0.0780. The van der Waals surface area contributed by atoms with Gasteiger partial charge in [0.25, 0.3) is 0 Å². The Hall–Kier alpha value is -0.940. The zero-order chi connectivity index (χ0) is 10.7. The van der Waals surface area contributed by atoms with E-state index in [2.05, 4.69) is 10.2 Å². The average molecular weight is 210 g/mol. The van der Waals surface area contributed by atoms with Crippen molar-refractivity contribution in [2.24, 2.45) is 5.73 Å². The number of nitrogens with two attached hydrogens (primary N) is 1. The summed E-state index contributed by atoms with van der Waals surface area (Å²) < 4.78 is 2.04. The molecule has 1 aromatic rings. The predicted molar refractivity (Wildman–Crippen MR) is 56.2 cm³/mol. The van der Waals surface area contributed by atoms with Crippen LogP contribution in [-0.2, 0) is 0 Å². The lowest BCUT2D eigenvalue weighted by Crippen LogP contribution is -2.23. The lowest BCUT2D eigenvalue weighted by Gasteiger charge is -2.24. The lowest BCUT2D eigenvalue weighted by molar-refractivity contribution is 0.253. The van der Waals surface area contributed by atoms with Crippen LogP contribution < -0.4 is 5.73 Å². The maximum absolute atomic E-state index is 9.02. The van der Waals surface area contributed by atoms with Crippen molar-refractivity contribution in [1.29, 1.82) is 0 Å². The molecular weight excluding hydrogens is 192 g/mol. The van der Waals surface area contributed by atoms with E-state index >= 15 is 0 Å². The summed E-state index contributed by atoms with van der Waals surface area (Å²) in [5, 5.41) is 16.9. The van der Waals surface area contributed by atoms with Crippen LogP contribution in [0.3, 0.4) is 0 Å². The summed E-state index contributed by atoms with van der Waals surface area (Å²) in [4.78, 5) is 0. The molecule has 0 bridgehead atoms. The zero-order valence-electron chi connectivity index (χ0n) is 8.84. The highest BCUT2D eigenvalue weighted by Crippen LogP contribution is 2.29. The summed E-state index contributed by atoms with van der Waals surface area (Å²) in [7, 11) is 0. The van der Waals surface area contributed by atoms with Crippen LogP contribution in [0.15, 0.2) is 6.33 Å². The monoisotopic (exact) mass is 210 g/mol. The van der Waals surface area contributed by atoms with Gasteiger partial charge in [-0.2, -0.15) is 0 Å². The Morgan fingerprint density at radius 1 is 1.47 bits per heavy atom. The Labute approximate surface area is 89.3 Å². The molecule has 1 aliphatic carbocycles. The van der Waals surface area contributed by atoms with Crippen molar-refractivity contribution in [3.8, 4) is 0 Å². The van der Waals surface area contributed by atoms with Gasteiger partial charge in [-0.15, -0.1) is 10.2 Å². The van der Waals surface area contributed by atoms with Crippen molar-refractivity contribution in [3.63, 3.8) is 0 Å². The lowest BCUT2D eigenvalue weighted by atomic mass is 9.95. The second-order valence-corrected chi connectivity index (χ2v) is 4.18. The molecule has 0 aliphatic heterocycles. The number of hydrogen-bond acceptors (Lipinski definition) is 4. The van der Waals surface area contributed by atoms with Crippen LogP contribution in [0.25, 0.3) is 0 Å². The predicted octanol–water partition coefficient (Wildman–Crippen LogP) is 0.775. The Bertz CT molecular complexity index is 306. The van der Waals surface area contributed by atoms with Crippen LogP contribution in [0.1, 0.15) is 50.0 Å². The first kappa shape index (κ1) is 10.6. The zero-order valence-corrected chi connectivity index (χ0v) is 8.84. The molecule has 0 spiro atoms. The van der Waals surface area contributed by atoms with Gasteiger partial charge in [-0.3, -0.25) is 0 Å². The molecule has 0 radical (unpaired) electrons. The maximum atomic E-state index is 9.02. The summed E-state index contributed by atoms with van der Waals surface area (Å²) in [6.07, 6.45) is 7.92. The molecule has 1 atom stereocenters. The molecule has 2 rings (SSSR count). The molecule has 1 saturated carbocycles. The van der Waals surface area contributed by atoms with Crippen LogP contribution in [-0.4, -0.2) is 26.5 Å². The molecule has 15 heavy (non-hydrogen) atoms. The average Bonchev–Trinajstić information content (AvgIpc) is 2.78. The summed E-state index contributed by atoms with van der Waals surface area (Å²) in [5.74, 6) is 0.712. The molecule has 1 heterocycles. The van der Waals surface area contributed by atoms with E-state index in [4.69, 9.17) is 10.8 Å². The number of rotatable bonds is 3. The maximum Gasteiger partial charge on any atom is 0.152 e. The van der Waals surface area contributed by atoms with Crippen molar-refractivity contribution in [3.05, 3.63) is 12.2 Å². The molecule has 0 aromatic carbocycles. The summed E-state index contributed by atoms with van der Waals surface area (Å²) in [6, 6.07) is 0.0655. The minimum atomic E-state index is -0.408. The van der Waals surface area contributed by atoms with Gasteiger partial charge in [0.2, 0.25) is 0 Å². The second kappa shape index (κ2) is 4.72. The number of aromatic nitrogens is 3. The van der Waals surface area contributed by atoms with Crippen LogP contribution in [0.5, 0.6) is 0 Å². The Morgan fingerprint density at radius 2 is 2.20 bits per heavy atom.